The Kier molecular flexibility index (Phi) is 6.37. The first kappa shape index (κ1) is 21.4. The molecule has 0 fully saturated rings. The second kappa shape index (κ2) is 8.02. The number of carboxylic acid groups (broad SMARTS) is 1. The first-order chi connectivity index (χ1) is 12.5. The third-order valence-electron chi connectivity index (χ3n) is 4.58. The molecule has 0 aliphatic rings. The molecule has 1 N–H and O–H groups in total. The normalized spacial score (nSPS) is 12.2. The highest BCUT2D eigenvalue weighted by atomic mass is 32.2. The van der Waals surface area contributed by atoms with Crippen molar-refractivity contribution in [2.75, 3.05) is 10.6 Å². The number of unbranched alkanes of at least 4 members (excludes halogenated alkanes) is 1. The van der Waals surface area contributed by atoms with Gasteiger partial charge >= 0.3 is 5.97 Å². The SMILES string of the molecule is CCCCC(C)(C)c1cc(C)c(N(c2ccc(C(=O)O)cc2)S(C)(=O)=O)s1. The summed E-state index contributed by atoms with van der Waals surface area (Å²) in [6, 6.07) is 7.98. The van der Waals surface area contributed by atoms with E-state index in [0.29, 0.717) is 10.7 Å². The Hall–Kier alpha value is -1.86. The van der Waals surface area contributed by atoms with Crippen molar-refractivity contribution in [3.63, 3.8) is 0 Å². The predicted molar refractivity (Wildman–Crippen MR) is 112 cm³/mol. The Morgan fingerprint density at radius 1 is 1.22 bits per heavy atom. The van der Waals surface area contributed by atoms with Gasteiger partial charge in [0, 0.05) is 4.88 Å². The van der Waals surface area contributed by atoms with Crippen LogP contribution in [0.15, 0.2) is 30.3 Å². The van der Waals surface area contributed by atoms with Crippen molar-refractivity contribution in [3.05, 3.63) is 46.3 Å². The van der Waals surface area contributed by atoms with Crippen LogP contribution in [0.5, 0.6) is 0 Å². The standard InChI is InChI=1S/C20H27NO4S2/c1-6-7-12-20(3,4)17-13-14(2)18(26-17)21(27(5,24)25)16-10-8-15(9-11-16)19(22)23/h8-11,13H,6-7,12H2,1-5H3,(H,22,23). The van der Waals surface area contributed by atoms with Crippen LogP contribution in [0.25, 0.3) is 0 Å². The van der Waals surface area contributed by atoms with Gasteiger partial charge < -0.3 is 5.11 Å². The van der Waals surface area contributed by atoms with Crippen LogP contribution in [-0.2, 0) is 15.4 Å². The number of hydrogen-bond donors (Lipinski definition) is 1. The van der Waals surface area contributed by atoms with Gasteiger partial charge in [0.05, 0.1) is 17.5 Å². The zero-order chi connectivity index (χ0) is 20.4. The van der Waals surface area contributed by atoms with Crippen LogP contribution in [0.3, 0.4) is 0 Å². The molecule has 0 saturated heterocycles. The summed E-state index contributed by atoms with van der Waals surface area (Å²) in [6.07, 6.45) is 4.44. The second-order valence-electron chi connectivity index (χ2n) is 7.47. The minimum Gasteiger partial charge on any atom is -0.478 e. The first-order valence-electron chi connectivity index (χ1n) is 8.92. The Morgan fingerprint density at radius 2 is 1.81 bits per heavy atom. The van der Waals surface area contributed by atoms with Gasteiger partial charge in [0.1, 0.15) is 5.00 Å². The van der Waals surface area contributed by atoms with Gasteiger partial charge in [-0.1, -0.05) is 33.6 Å². The van der Waals surface area contributed by atoms with E-state index in [1.807, 2.05) is 6.92 Å². The summed E-state index contributed by atoms with van der Waals surface area (Å²) in [6.45, 7) is 8.44. The maximum atomic E-state index is 12.6. The molecule has 0 bridgehead atoms. The Balaban J connectivity index is 2.51. The van der Waals surface area contributed by atoms with Gasteiger partial charge in [-0.05, 0) is 54.7 Å². The number of aryl methyl sites for hydroxylation is 1. The van der Waals surface area contributed by atoms with Crippen molar-refractivity contribution in [1.29, 1.82) is 0 Å². The molecule has 2 aromatic rings. The van der Waals surface area contributed by atoms with E-state index in [9.17, 15) is 13.2 Å². The van der Waals surface area contributed by atoms with E-state index in [4.69, 9.17) is 5.11 Å². The molecule has 0 saturated carbocycles. The number of carbonyl (C=O) groups is 1. The fourth-order valence-electron chi connectivity index (χ4n) is 2.95. The fraction of sp³-hybridized carbons (Fsp3) is 0.450. The third kappa shape index (κ3) is 4.90. The first-order valence-corrected chi connectivity index (χ1v) is 11.6. The van der Waals surface area contributed by atoms with Gasteiger partial charge in [-0.3, -0.25) is 0 Å². The molecule has 0 radical (unpaired) electrons. The number of rotatable bonds is 8. The monoisotopic (exact) mass is 409 g/mol. The number of anilines is 2. The van der Waals surface area contributed by atoms with E-state index < -0.39 is 16.0 Å². The lowest BCUT2D eigenvalue weighted by molar-refractivity contribution is 0.0697. The number of thiophene rings is 1. The van der Waals surface area contributed by atoms with Crippen molar-refractivity contribution in [3.8, 4) is 0 Å². The van der Waals surface area contributed by atoms with Crippen LogP contribution in [0.1, 0.15) is 60.8 Å². The number of sulfonamides is 1. The second-order valence-corrected chi connectivity index (χ2v) is 10.3. The van der Waals surface area contributed by atoms with Gasteiger partial charge in [-0.15, -0.1) is 11.3 Å². The molecule has 5 nitrogen and oxygen atoms in total. The largest absolute Gasteiger partial charge is 0.478 e. The Bertz CT molecular complexity index is 912. The highest BCUT2D eigenvalue weighted by Crippen LogP contribution is 2.43. The van der Waals surface area contributed by atoms with Crippen molar-refractivity contribution in [2.45, 2.75) is 52.4 Å². The van der Waals surface area contributed by atoms with Crippen molar-refractivity contribution < 1.29 is 18.3 Å². The van der Waals surface area contributed by atoms with E-state index >= 15 is 0 Å². The van der Waals surface area contributed by atoms with Crippen LogP contribution in [-0.4, -0.2) is 25.7 Å². The Labute approximate surface area is 165 Å². The number of aromatic carboxylic acids is 1. The zero-order valence-corrected chi connectivity index (χ0v) is 18.1. The molecule has 2 rings (SSSR count). The van der Waals surface area contributed by atoms with Crippen molar-refractivity contribution in [2.24, 2.45) is 0 Å². The highest BCUT2D eigenvalue weighted by molar-refractivity contribution is 7.92. The lowest BCUT2D eigenvalue weighted by Crippen LogP contribution is -2.24. The molecular weight excluding hydrogens is 382 g/mol. The summed E-state index contributed by atoms with van der Waals surface area (Å²) >= 11 is 1.49. The maximum absolute atomic E-state index is 12.6. The number of benzene rings is 1. The van der Waals surface area contributed by atoms with Gasteiger partial charge in [-0.2, -0.15) is 0 Å². The summed E-state index contributed by atoms with van der Waals surface area (Å²) in [4.78, 5) is 12.2. The van der Waals surface area contributed by atoms with E-state index in [0.717, 1.165) is 29.7 Å². The van der Waals surface area contributed by atoms with Crippen LogP contribution < -0.4 is 4.31 Å². The molecule has 0 atom stereocenters. The smallest absolute Gasteiger partial charge is 0.335 e. The third-order valence-corrected chi connectivity index (χ3v) is 7.34. The predicted octanol–water partition coefficient (Wildman–Crippen LogP) is 5.32. The molecular formula is C20H27NO4S2. The van der Waals surface area contributed by atoms with Gasteiger partial charge in [-0.25, -0.2) is 17.5 Å². The molecule has 0 unspecified atom stereocenters. The minimum atomic E-state index is -3.58. The lowest BCUT2D eigenvalue weighted by atomic mass is 9.85. The molecule has 1 aromatic carbocycles. The lowest BCUT2D eigenvalue weighted by Gasteiger charge is -2.24. The maximum Gasteiger partial charge on any atom is 0.335 e. The number of nitrogens with zero attached hydrogens (tertiary/aromatic N) is 1. The summed E-state index contributed by atoms with van der Waals surface area (Å²) < 4.78 is 26.4. The number of carboxylic acids is 1. The van der Waals surface area contributed by atoms with Gasteiger partial charge in [0.2, 0.25) is 10.0 Å². The number of hydrogen-bond acceptors (Lipinski definition) is 4. The fourth-order valence-corrected chi connectivity index (χ4v) is 5.65. The van der Waals surface area contributed by atoms with E-state index in [2.05, 4.69) is 26.8 Å². The molecule has 1 heterocycles. The van der Waals surface area contributed by atoms with Gasteiger partial charge in [0.25, 0.3) is 0 Å². The Morgan fingerprint density at radius 3 is 2.30 bits per heavy atom. The van der Waals surface area contributed by atoms with Crippen LogP contribution >= 0.6 is 11.3 Å². The molecule has 7 heteroatoms. The average Bonchev–Trinajstić information content (AvgIpc) is 2.95. The van der Waals surface area contributed by atoms with Gasteiger partial charge in [0.15, 0.2) is 0 Å². The highest BCUT2D eigenvalue weighted by Gasteiger charge is 2.28. The van der Waals surface area contributed by atoms with Crippen molar-refractivity contribution >= 4 is 38.0 Å². The summed E-state index contributed by atoms with van der Waals surface area (Å²) in [7, 11) is -3.58. The summed E-state index contributed by atoms with van der Waals surface area (Å²) in [5.41, 5.74) is 1.43. The van der Waals surface area contributed by atoms with Crippen molar-refractivity contribution in [1.82, 2.24) is 0 Å². The zero-order valence-electron chi connectivity index (χ0n) is 16.4. The van der Waals surface area contributed by atoms with E-state index in [1.165, 1.54) is 46.2 Å². The van der Waals surface area contributed by atoms with E-state index in [-0.39, 0.29) is 11.0 Å². The molecule has 0 aliphatic heterocycles. The molecule has 27 heavy (non-hydrogen) atoms. The average molecular weight is 410 g/mol. The molecule has 0 amide bonds. The summed E-state index contributed by atoms with van der Waals surface area (Å²) in [5, 5.41) is 9.72. The van der Waals surface area contributed by atoms with Crippen LogP contribution in [0.4, 0.5) is 10.7 Å². The topological polar surface area (TPSA) is 74.7 Å². The molecule has 0 aliphatic carbocycles. The summed E-state index contributed by atoms with van der Waals surface area (Å²) in [5.74, 6) is -1.04. The van der Waals surface area contributed by atoms with E-state index in [1.54, 1.807) is 0 Å². The van der Waals surface area contributed by atoms with Crippen LogP contribution in [0, 0.1) is 6.92 Å². The quantitative estimate of drug-likeness (QED) is 0.640. The molecule has 1 aromatic heterocycles. The molecule has 0 spiro atoms. The molecule has 148 valence electrons. The van der Waals surface area contributed by atoms with Crippen LogP contribution in [0.2, 0.25) is 0 Å². The minimum absolute atomic E-state index is 0.0278.